The lowest BCUT2D eigenvalue weighted by molar-refractivity contribution is 0.382. The van der Waals surface area contributed by atoms with E-state index in [0.29, 0.717) is 46.8 Å². The zero-order valence-electron chi connectivity index (χ0n) is 16.5. The molecule has 1 N–H and O–H groups in total. The highest BCUT2D eigenvalue weighted by atomic mass is 35.5. The molecule has 2 heterocycles. The molecule has 158 valence electrons. The van der Waals surface area contributed by atoms with Crippen LogP contribution in [0.15, 0.2) is 48.8 Å². The molecule has 0 bridgehead atoms. The van der Waals surface area contributed by atoms with Gasteiger partial charge < -0.3 is 9.47 Å². The first-order valence-corrected chi connectivity index (χ1v) is 11.1. The van der Waals surface area contributed by atoms with Gasteiger partial charge in [0, 0.05) is 30.9 Å². The third kappa shape index (κ3) is 6.38. The number of rotatable bonds is 9. The lowest BCUT2D eigenvalue weighted by atomic mass is 10.1. The SMILES string of the molecule is CNS(=O)(=O)Cc1ccc(Oc2cc(CCc3ncc(Cl)cn3)cc(OC)n2)cc1. The number of pyridine rings is 1. The third-order valence-electron chi connectivity index (χ3n) is 4.17. The highest BCUT2D eigenvalue weighted by Crippen LogP contribution is 2.25. The minimum Gasteiger partial charge on any atom is -0.481 e. The summed E-state index contributed by atoms with van der Waals surface area (Å²) in [5.74, 6) is 1.92. The number of hydrogen-bond donors (Lipinski definition) is 1. The second-order valence-electron chi connectivity index (χ2n) is 6.38. The van der Waals surface area contributed by atoms with Crippen molar-refractivity contribution in [3.8, 4) is 17.5 Å². The van der Waals surface area contributed by atoms with E-state index in [4.69, 9.17) is 21.1 Å². The van der Waals surface area contributed by atoms with Crippen LogP contribution in [0.1, 0.15) is 17.0 Å². The summed E-state index contributed by atoms with van der Waals surface area (Å²) in [7, 11) is -0.404. The fraction of sp³-hybridized carbons (Fsp3) is 0.250. The van der Waals surface area contributed by atoms with Crippen LogP contribution in [-0.4, -0.2) is 37.5 Å². The average molecular weight is 449 g/mol. The van der Waals surface area contributed by atoms with Crippen LogP contribution in [0.4, 0.5) is 0 Å². The second-order valence-corrected chi connectivity index (χ2v) is 8.75. The first-order chi connectivity index (χ1) is 14.4. The smallest absolute Gasteiger partial charge is 0.222 e. The molecule has 10 heteroatoms. The molecule has 0 spiro atoms. The van der Waals surface area contributed by atoms with Crippen molar-refractivity contribution in [1.82, 2.24) is 19.7 Å². The Kier molecular flexibility index (Phi) is 7.20. The van der Waals surface area contributed by atoms with E-state index in [2.05, 4.69) is 19.7 Å². The van der Waals surface area contributed by atoms with E-state index in [1.54, 1.807) is 36.7 Å². The lowest BCUT2D eigenvalue weighted by Gasteiger charge is -2.10. The Morgan fingerprint density at radius 3 is 2.30 bits per heavy atom. The highest BCUT2D eigenvalue weighted by molar-refractivity contribution is 7.88. The first kappa shape index (κ1) is 21.9. The summed E-state index contributed by atoms with van der Waals surface area (Å²) in [6.45, 7) is 0. The monoisotopic (exact) mass is 448 g/mol. The van der Waals surface area contributed by atoms with Gasteiger partial charge in [0.05, 0.1) is 17.9 Å². The summed E-state index contributed by atoms with van der Waals surface area (Å²) in [6, 6.07) is 10.4. The molecular formula is C20H21ClN4O4S. The molecule has 2 aromatic heterocycles. The molecule has 0 aliphatic rings. The summed E-state index contributed by atoms with van der Waals surface area (Å²) in [4.78, 5) is 12.7. The van der Waals surface area contributed by atoms with E-state index in [-0.39, 0.29) is 5.75 Å². The summed E-state index contributed by atoms with van der Waals surface area (Å²) in [5, 5.41) is 0.495. The fourth-order valence-corrected chi connectivity index (χ4v) is 3.50. The largest absolute Gasteiger partial charge is 0.481 e. The van der Waals surface area contributed by atoms with E-state index in [1.807, 2.05) is 12.1 Å². The van der Waals surface area contributed by atoms with Gasteiger partial charge >= 0.3 is 0 Å². The first-order valence-electron chi connectivity index (χ1n) is 9.06. The van der Waals surface area contributed by atoms with Gasteiger partial charge in [-0.15, -0.1) is 0 Å². The Hall–Kier alpha value is -2.75. The molecule has 0 aliphatic heterocycles. The highest BCUT2D eigenvalue weighted by Gasteiger charge is 2.10. The predicted octanol–water partition coefficient (Wildman–Crippen LogP) is 3.16. The van der Waals surface area contributed by atoms with E-state index in [1.165, 1.54) is 14.2 Å². The van der Waals surface area contributed by atoms with Crippen molar-refractivity contribution in [1.29, 1.82) is 0 Å². The van der Waals surface area contributed by atoms with Gasteiger partial charge in [-0.2, -0.15) is 4.98 Å². The van der Waals surface area contributed by atoms with Crippen molar-refractivity contribution >= 4 is 21.6 Å². The van der Waals surface area contributed by atoms with Crippen molar-refractivity contribution in [2.24, 2.45) is 0 Å². The normalized spacial score (nSPS) is 11.3. The van der Waals surface area contributed by atoms with E-state index in [0.717, 1.165) is 5.56 Å². The predicted molar refractivity (Wildman–Crippen MR) is 113 cm³/mol. The summed E-state index contributed by atoms with van der Waals surface area (Å²) < 4.78 is 36.7. The van der Waals surface area contributed by atoms with Crippen LogP contribution in [0.3, 0.4) is 0 Å². The molecule has 1 aromatic carbocycles. The van der Waals surface area contributed by atoms with Crippen LogP contribution in [0.2, 0.25) is 5.02 Å². The Labute approximate surface area is 180 Å². The molecule has 0 atom stereocenters. The standard InChI is InChI=1S/C20H21ClN4O4S/c1-22-30(26,27)13-14-3-6-17(7-4-14)29-20-10-15(9-19(25-20)28-2)5-8-18-23-11-16(21)12-24-18/h3-4,6-7,9-12,22H,5,8,13H2,1-2H3. The van der Waals surface area contributed by atoms with Crippen LogP contribution < -0.4 is 14.2 Å². The van der Waals surface area contributed by atoms with E-state index >= 15 is 0 Å². The minimum atomic E-state index is -3.33. The molecule has 3 rings (SSSR count). The van der Waals surface area contributed by atoms with Gasteiger partial charge in [-0.1, -0.05) is 23.7 Å². The van der Waals surface area contributed by atoms with Crippen LogP contribution in [-0.2, 0) is 28.6 Å². The molecule has 0 saturated heterocycles. The molecule has 0 amide bonds. The van der Waals surface area contributed by atoms with Crippen molar-refractivity contribution in [2.45, 2.75) is 18.6 Å². The molecule has 0 radical (unpaired) electrons. The number of nitrogens with zero attached hydrogens (tertiary/aromatic N) is 3. The van der Waals surface area contributed by atoms with Crippen LogP contribution >= 0.6 is 11.6 Å². The zero-order chi connectivity index (χ0) is 21.6. The number of ether oxygens (including phenoxy) is 2. The minimum absolute atomic E-state index is 0.0991. The molecule has 0 fully saturated rings. The zero-order valence-corrected chi connectivity index (χ0v) is 18.1. The number of methoxy groups -OCH3 is 1. The van der Waals surface area contributed by atoms with E-state index < -0.39 is 10.0 Å². The number of aromatic nitrogens is 3. The van der Waals surface area contributed by atoms with Gasteiger partial charge in [0.25, 0.3) is 0 Å². The molecule has 8 nitrogen and oxygen atoms in total. The molecule has 0 aliphatic carbocycles. The van der Waals surface area contributed by atoms with Crippen molar-refractivity contribution in [3.05, 3.63) is 70.8 Å². The number of sulfonamides is 1. The van der Waals surface area contributed by atoms with Crippen molar-refractivity contribution < 1.29 is 17.9 Å². The summed E-state index contributed by atoms with van der Waals surface area (Å²) >= 11 is 5.82. The average Bonchev–Trinajstić information content (AvgIpc) is 2.74. The third-order valence-corrected chi connectivity index (χ3v) is 5.70. The van der Waals surface area contributed by atoms with Gasteiger partial charge in [-0.25, -0.2) is 23.1 Å². The number of nitrogens with one attached hydrogen (secondary N) is 1. The Morgan fingerprint density at radius 2 is 1.67 bits per heavy atom. The van der Waals surface area contributed by atoms with Gasteiger partial charge in [-0.05, 0) is 36.7 Å². The second kappa shape index (κ2) is 9.84. The lowest BCUT2D eigenvalue weighted by Crippen LogP contribution is -2.20. The molecule has 0 unspecified atom stereocenters. The Bertz CT molecular complexity index is 1090. The van der Waals surface area contributed by atoms with Crippen LogP contribution in [0.5, 0.6) is 17.5 Å². The number of hydrogen-bond acceptors (Lipinski definition) is 7. The maximum Gasteiger partial charge on any atom is 0.222 e. The van der Waals surface area contributed by atoms with Gasteiger partial charge in [-0.3, -0.25) is 0 Å². The molecule has 30 heavy (non-hydrogen) atoms. The molecular weight excluding hydrogens is 428 g/mol. The molecule has 0 saturated carbocycles. The number of aryl methyl sites for hydroxylation is 2. The topological polar surface area (TPSA) is 103 Å². The maximum atomic E-state index is 11.7. The van der Waals surface area contributed by atoms with Gasteiger partial charge in [0.15, 0.2) is 0 Å². The van der Waals surface area contributed by atoms with Crippen molar-refractivity contribution in [2.75, 3.05) is 14.2 Å². The summed E-state index contributed by atoms with van der Waals surface area (Å²) in [5.41, 5.74) is 1.60. The number of benzene rings is 1. The fourth-order valence-electron chi connectivity index (χ4n) is 2.62. The maximum absolute atomic E-state index is 11.7. The van der Waals surface area contributed by atoms with Gasteiger partial charge in [0.1, 0.15) is 11.6 Å². The number of halogens is 1. The Morgan fingerprint density at radius 1 is 1.00 bits per heavy atom. The quantitative estimate of drug-likeness (QED) is 0.536. The molecule has 3 aromatic rings. The van der Waals surface area contributed by atoms with Gasteiger partial charge in [0.2, 0.25) is 21.8 Å². The van der Waals surface area contributed by atoms with Crippen LogP contribution in [0, 0.1) is 0 Å². The van der Waals surface area contributed by atoms with Crippen LogP contribution in [0.25, 0.3) is 0 Å². The Balaban J connectivity index is 1.70. The van der Waals surface area contributed by atoms with E-state index in [9.17, 15) is 8.42 Å². The summed E-state index contributed by atoms with van der Waals surface area (Å²) in [6.07, 6.45) is 4.42. The van der Waals surface area contributed by atoms with Crippen molar-refractivity contribution in [3.63, 3.8) is 0 Å².